The van der Waals surface area contributed by atoms with Gasteiger partial charge in [0, 0.05) is 0 Å². The molecular weight excluding hydrogens is 168 g/mol. The van der Waals surface area contributed by atoms with Crippen molar-refractivity contribution in [3.05, 3.63) is 0 Å². The highest BCUT2D eigenvalue weighted by molar-refractivity contribution is 5.76. The van der Waals surface area contributed by atoms with Gasteiger partial charge in [-0.15, -0.1) is 0 Å². The summed E-state index contributed by atoms with van der Waals surface area (Å²) in [5.41, 5.74) is 1.25. The summed E-state index contributed by atoms with van der Waals surface area (Å²) in [7, 11) is 0. The lowest BCUT2D eigenvalue weighted by atomic mass is 9.91. The number of hydrogen-bond donors (Lipinski definition) is 3. The number of amides is 1. The van der Waals surface area contributed by atoms with E-state index >= 15 is 0 Å². The van der Waals surface area contributed by atoms with Gasteiger partial charge in [0.2, 0.25) is 5.91 Å². The largest absolute Gasteiger partial charge is 0.389 e. The lowest BCUT2D eigenvalue weighted by Crippen LogP contribution is -2.39. The molecule has 76 valence electrons. The Balaban J connectivity index is 2.46. The third-order valence-corrected chi connectivity index (χ3v) is 2.68. The van der Waals surface area contributed by atoms with Crippen LogP contribution in [0.1, 0.15) is 44.9 Å². The zero-order valence-electron chi connectivity index (χ0n) is 7.88. The zero-order valence-corrected chi connectivity index (χ0v) is 7.88. The second-order valence-electron chi connectivity index (χ2n) is 3.88. The number of hydrogen-bond acceptors (Lipinski definition) is 3. The van der Waals surface area contributed by atoms with Crippen molar-refractivity contribution in [2.75, 3.05) is 0 Å². The highest BCUT2D eigenvalue weighted by Crippen LogP contribution is 2.29. The molecule has 0 spiro atoms. The summed E-state index contributed by atoms with van der Waals surface area (Å²) in [5, 5.41) is 10.0. The Kier molecular flexibility index (Phi) is 3.69. The van der Waals surface area contributed by atoms with Gasteiger partial charge in [0.05, 0.1) is 12.0 Å². The van der Waals surface area contributed by atoms with E-state index in [1.165, 1.54) is 0 Å². The molecule has 4 nitrogen and oxygen atoms in total. The van der Waals surface area contributed by atoms with Crippen molar-refractivity contribution in [1.82, 2.24) is 5.43 Å². The van der Waals surface area contributed by atoms with Crippen molar-refractivity contribution in [1.29, 1.82) is 0 Å². The van der Waals surface area contributed by atoms with E-state index < -0.39 is 5.60 Å². The molecule has 1 amide bonds. The van der Waals surface area contributed by atoms with Gasteiger partial charge in [-0.1, -0.05) is 25.7 Å². The Bertz CT molecular complexity index is 174. The molecule has 4 N–H and O–H groups in total. The van der Waals surface area contributed by atoms with Gasteiger partial charge >= 0.3 is 0 Å². The summed E-state index contributed by atoms with van der Waals surface area (Å²) in [6.07, 6.45) is 5.92. The molecule has 1 rings (SSSR count). The van der Waals surface area contributed by atoms with Crippen molar-refractivity contribution < 1.29 is 9.90 Å². The first kappa shape index (κ1) is 10.5. The SMILES string of the molecule is NNC(=O)CC1(O)CCCCCC1. The monoisotopic (exact) mass is 186 g/mol. The smallest absolute Gasteiger partial charge is 0.236 e. The lowest BCUT2D eigenvalue weighted by Gasteiger charge is -2.25. The molecule has 0 radical (unpaired) electrons. The minimum atomic E-state index is -0.806. The van der Waals surface area contributed by atoms with Gasteiger partial charge in [0.15, 0.2) is 0 Å². The van der Waals surface area contributed by atoms with Gasteiger partial charge in [-0.25, -0.2) is 5.84 Å². The molecule has 4 heteroatoms. The predicted molar refractivity (Wildman–Crippen MR) is 49.6 cm³/mol. The van der Waals surface area contributed by atoms with Crippen LogP contribution in [0.5, 0.6) is 0 Å². The van der Waals surface area contributed by atoms with Gasteiger partial charge in [0.25, 0.3) is 0 Å². The topological polar surface area (TPSA) is 75.3 Å². The summed E-state index contributed by atoms with van der Waals surface area (Å²) in [5.74, 6) is 4.70. The van der Waals surface area contributed by atoms with E-state index in [4.69, 9.17) is 5.84 Å². The first-order valence-electron chi connectivity index (χ1n) is 4.88. The van der Waals surface area contributed by atoms with Gasteiger partial charge in [0.1, 0.15) is 0 Å². The molecule has 1 fully saturated rings. The Morgan fingerprint density at radius 2 is 1.85 bits per heavy atom. The van der Waals surface area contributed by atoms with E-state index in [-0.39, 0.29) is 12.3 Å². The third kappa shape index (κ3) is 3.32. The Morgan fingerprint density at radius 3 is 2.31 bits per heavy atom. The molecule has 0 aliphatic heterocycles. The fourth-order valence-electron chi connectivity index (χ4n) is 1.91. The molecule has 0 aromatic rings. The van der Waals surface area contributed by atoms with Crippen LogP contribution in [-0.2, 0) is 4.79 Å². The number of carbonyl (C=O) groups is 1. The first-order valence-corrected chi connectivity index (χ1v) is 4.88. The molecule has 0 heterocycles. The van der Waals surface area contributed by atoms with Crippen LogP contribution >= 0.6 is 0 Å². The molecule has 0 saturated heterocycles. The maximum atomic E-state index is 11.0. The second-order valence-corrected chi connectivity index (χ2v) is 3.88. The van der Waals surface area contributed by atoms with Gasteiger partial charge in [-0.3, -0.25) is 10.2 Å². The van der Waals surface area contributed by atoms with Crippen LogP contribution in [0.3, 0.4) is 0 Å². The van der Waals surface area contributed by atoms with Crippen LogP contribution in [0.2, 0.25) is 0 Å². The van der Waals surface area contributed by atoms with Crippen molar-refractivity contribution >= 4 is 5.91 Å². The highest BCUT2D eigenvalue weighted by Gasteiger charge is 2.30. The number of carbonyl (C=O) groups excluding carboxylic acids is 1. The Morgan fingerprint density at radius 1 is 1.31 bits per heavy atom. The molecular formula is C9H18N2O2. The van der Waals surface area contributed by atoms with E-state index in [1.807, 2.05) is 0 Å². The summed E-state index contributed by atoms with van der Waals surface area (Å²) >= 11 is 0. The lowest BCUT2D eigenvalue weighted by molar-refractivity contribution is -0.126. The molecule has 1 aliphatic carbocycles. The quantitative estimate of drug-likeness (QED) is 0.254. The highest BCUT2D eigenvalue weighted by atomic mass is 16.3. The van der Waals surface area contributed by atoms with E-state index in [2.05, 4.69) is 5.43 Å². The zero-order chi connectivity index (χ0) is 9.73. The van der Waals surface area contributed by atoms with E-state index in [1.54, 1.807) is 0 Å². The summed E-state index contributed by atoms with van der Waals surface area (Å²) < 4.78 is 0. The summed E-state index contributed by atoms with van der Waals surface area (Å²) in [6, 6.07) is 0. The number of rotatable bonds is 2. The fourth-order valence-corrected chi connectivity index (χ4v) is 1.91. The molecule has 0 bridgehead atoms. The second kappa shape index (κ2) is 4.58. The standard InChI is InChI=1S/C9H18N2O2/c10-11-8(12)7-9(13)5-3-1-2-4-6-9/h13H,1-7,10H2,(H,11,12). The van der Waals surface area contributed by atoms with E-state index in [0.717, 1.165) is 38.5 Å². The number of nitrogens with one attached hydrogen (secondary N) is 1. The van der Waals surface area contributed by atoms with Gasteiger partial charge in [-0.2, -0.15) is 0 Å². The van der Waals surface area contributed by atoms with Crippen molar-refractivity contribution in [2.45, 2.75) is 50.5 Å². The normalized spacial score (nSPS) is 22.0. The maximum absolute atomic E-state index is 11.0. The van der Waals surface area contributed by atoms with Crippen molar-refractivity contribution in [2.24, 2.45) is 5.84 Å². The minimum Gasteiger partial charge on any atom is -0.389 e. The predicted octanol–water partition coefficient (Wildman–Crippen LogP) is 0.452. The van der Waals surface area contributed by atoms with Crippen LogP contribution in [0.15, 0.2) is 0 Å². The van der Waals surface area contributed by atoms with E-state index in [9.17, 15) is 9.90 Å². The van der Waals surface area contributed by atoms with Crippen LogP contribution < -0.4 is 11.3 Å². The molecule has 0 aromatic heterocycles. The van der Waals surface area contributed by atoms with Crippen LogP contribution in [0.25, 0.3) is 0 Å². The average molecular weight is 186 g/mol. The molecule has 1 saturated carbocycles. The number of hydrazine groups is 1. The van der Waals surface area contributed by atoms with Crippen molar-refractivity contribution in [3.63, 3.8) is 0 Å². The number of aliphatic hydroxyl groups is 1. The van der Waals surface area contributed by atoms with Gasteiger partial charge < -0.3 is 5.11 Å². The van der Waals surface area contributed by atoms with Crippen LogP contribution in [-0.4, -0.2) is 16.6 Å². The molecule has 0 aromatic carbocycles. The van der Waals surface area contributed by atoms with Gasteiger partial charge in [-0.05, 0) is 12.8 Å². The minimum absolute atomic E-state index is 0.142. The number of nitrogens with two attached hydrogens (primary N) is 1. The average Bonchev–Trinajstić information content (AvgIpc) is 2.30. The Labute approximate surface area is 78.5 Å². The maximum Gasteiger partial charge on any atom is 0.236 e. The van der Waals surface area contributed by atoms with Crippen LogP contribution in [0.4, 0.5) is 0 Å². The molecule has 0 unspecified atom stereocenters. The first-order chi connectivity index (χ1) is 6.16. The van der Waals surface area contributed by atoms with E-state index in [0.29, 0.717) is 0 Å². The van der Waals surface area contributed by atoms with Crippen molar-refractivity contribution in [3.8, 4) is 0 Å². The van der Waals surface area contributed by atoms with Crippen LogP contribution in [0, 0.1) is 0 Å². The summed E-state index contributed by atoms with van der Waals surface area (Å²) in [4.78, 5) is 11.0. The molecule has 0 atom stereocenters. The summed E-state index contributed by atoms with van der Waals surface area (Å²) in [6.45, 7) is 0. The Hall–Kier alpha value is -0.610. The molecule has 1 aliphatic rings. The third-order valence-electron chi connectivity index (χ3n) is 2.68. The molecule has 13 heavy (non-hydrogen) atoms. The fraction of sp³-hybridized carbons (Fsp3) is 0.889.